The van der Waals surface area contributed by atoms with Crippen LogP contribution in [-0.2, 0) is 0 Å². The lowest BCUT2D eigenvalue weighted by Gasteiger charge is -2.28. The van der Waals surface area contributed by atoms with Gasteiger partial charge in [-0.05, 0) is 60.8 Å². The monoisotopic (exact) mass is 299 g/mol. The molecule has 0 unspecified atom stereocenters. The number of halogens is 1. The normalized spacial score (nSPS) is 22.2. The second-order valence-electron chi connectivity index (χ2n) is 6.12. The molecule has 0 bridgehead atoms. The summed E-state index contributed by atoms with van der Waals surface area (Å²) < 4.78 is 0. The van der Waals surface area contributed by atoms with Crippen LogP contribution in [0, 0.1) is 5.92 Å². The predicted octanol–water partition coefficient (Wildman–Crippen LogP) is 6.09. The van der Waals surface area contributed by atoms with Crippen molar-refractivity contribution in [1.82, 2.24) is 4.98 Å². The van der Waals surface area contributed by atoms with E-state index in [9.17, 15) is 0 Å². The Labute approximate surface area is 132 Å². The quantitative estimate of drug-likeness (QED) is 0.625. The molecule has 0 aliphatic heterocycles. The molecule has 3 rings (SSSR count). The van der Waals surface area contributed by atoms with Crippen molar-refractivity contribution in [1.29, 1.82) is 0 Å². The van der Waals surface area contributed by atoms with E-state index < -0.39 is 0 Å². The van der Waals surface area contributed by atoms with E-state index in [0.717, 1.165) is 17.4 Å². The van der Waals surface area contributed by atoms with E-state index in [4.69, 9.17) is 11.6 Å². The minimum atomic E-state index is 0.544. The van der Waals surface area contributed by atoms with Crippen LogP contribution in [0.5, 0.6) is 0 Å². The molecule has 1 saturated carbocycles. The molecule has 0 N–H and O–H groups in total. The van der Waals surface area contributed by atoms with Crippen molar-refractivity contribution in [3.8, 4) is 11.1 Å². The van der Waals surface area contributed by atoms with E-state index in [-0.39, 0.29) is 0 Å². The Bertz CT molecular complexity index is 566. The second-order valence-corrected chi connectivity index (χ2v) is 6.50. The summed E-state index contributed by atoms with van der Waals surface area (Å²) in [5, 5.41) is 0.544. The largest absolute Gasteiger partial charge is 0.244 e. The highest BCUT2D eigenvalue weighted by atomic mass is 35.5. The molecule has 1 fully saturated rings. The van der Waals surface area contributed by atoms with Crippen LogP contribution in [0.4, 0.5) is 0 Å². The van der Waals surface area contributed by atoms with E-state index in [2.05, 4.69) is 36.2 Å². The number of rotatable bonds is 3. The van der Waals surface area contributed by atoms with Crippen LogP contribution in [0.15, 0.2) is 42.6 Å². The minimum absolute atomic E-state index is 0.544. The van der Waals surface area contributed by atoms with Crippen LogP contribution in [-0.4, -0.2) is 4.98 Å². The summed E-state index contributed by atoms with van der Waals surface area (Å²) in [5.41, 5.74) is 3.83. The first-order valence-corrected chi connectivity index (χ1v) is 8.36. The van der Waals surface area contributed by atoms with Crippen molar-refractivity contribution in [3.05, 3.63) is 53.3 Å². The first kappa shape index (κ1) is 14.6. The Hall–Kier alpha value is -1.34. The fraction of sp³-hybridized carbons (Fsp3) is 0.421. The van der Waals surface area contributed by atoms with Crippen LogP contribution in [0.3, 0.4) is 0 Å². The highest BCUT2D eigenvalue weighted by Crippen LogP contribution is 2.37. The zero-order valence-corrected chi connectivity index (χ0v) is 13.3. The lowest BCUT2D eigenvalue weighted by atomic mass is 9.78. The molecule has 2 aromatic rings. The lowest BCUT2D eigenvalue weighted by molar-refractivity contribution is 0.319. The molecule has 0 amide bonds. The Morgan fingerprint density at radius 2 is 1.62 bits per heavy atom. The minimum Gasteiger partial charge on any atom is -0.244 e. The molecule has 1 aromatic heterocycles. The Balaban J connectivity index is 1.71. The summed E-state index contributed by atoms with van der Waals surface area (Å²) >= 11 is 5.84. The van der Waals surface area contributed by atoms with Crippen molar-refractivity contribution in [2.45, 2.75) is 44.9 Å². The molecule has 0 atom stereocenters. The first-order chi connectivity index (χ1) is 10.3. The molecule has 0 spiro atoms. The maximum atomic E-state index is 5.84. The van der Waals surface area contributed by atoms with Crippen LogP contribution in [0.25, 0.3) is 11.1 Å². The summed E-state index contributed by atoms with van der Waals surface area (Å²) in [6.07, 6.45) is 8.66. The summed E-state index contributed by atoms with van der Waals surface area (Å²) in [4.78, 5) is 4.15. The van der Waals surface area contributed by atoms with Crippen molar-refractivity contribution < 1.29 is 0 Å². The molecule has 110 valence electrons. The topological polar surface area (TPSA) is 12.9 Å². The molecule has 1 nitrogen and oxygen atoms in total. The highest BCUT2D eigenvalue weighted by molar-refractivity contribution is 6.29. The molecule has 1 aromatic carbocycles. The van der Waals surface area contributed by atoms with Gasteiger partial charge in [0.25, 0.3) is 0 Å². The summed E-state index contributed by atoms with van der Waals surface area (Å²) in [5.74, 6) is 1.71. The summed E-state index contributed by atoms with van der Waals surface area (Å²) in [7, 11) is 0. The Morgan fingerprint density at radius 3 is 2.19 bits per heavy atom. The van der Waals surface area contributed by atoms with E-state index in [1.54, 1.807) is 0 Å². The molecule has 21 heavy (non-hydrogen) atoms. The van der Waals surface area contributed by atoms with Crippen LogP contribution in [0.1, 0.15) is 50.5 Å². The first-order valence-electron chi connectivity index (χ1n) is 7.98. The standard InChI is InChI=1S/C19H22ClN/c1-2-14-3-5-15(6-4-14)16-7-9-17(10-8-16)18-11-12-19(20)21-13-18/h7-15H,2-6H2,1H3/t14-,15-. The van der Waals surface area contributed by atoms with Gasteiger partial charge >= 0.3 is 0 Å². The fourth-order valence-corrected chi connectivity index (χ4v) is 3.51. The smallest absolute Gasteiger partial charge is 0.129 e. The van der Waals surface area contributed by atoms with Crippen LogP contribution < -0.4 is 0 Å². The Morgan fingerprint density at radius 1 is 0.952 bits per heavy atom. The van der Waals surface area contributed by atoms with Gasteiger partial charge in [0, 0.05) is 11.8 Å². The van der Waals surface area contributed by atoms with E-state index >= 15 is 0 Å². The van der Waals surface area contributed by atoms with Gasteiger partial charge in [-0.3, -0.25) is 0 Å². The fourth-order valence-electron chi connectivity index (χ4n) is 3.40. The van der Waals surface area contributed by atoms with Gasteiger partial charge in [0.2, 0.25) is 0 Å². The van der Waals surface area contributed by atoms with Gasteiger partial charge < -0.3 is 0 Å². The zero-order chi connectivity index (χ0) is 14.7. The third-order valence-electron chi connectivity index (χ3n) is 4.87. The average Bonchev–Trinajstić information content (AvgIpc) is 2.56. The molecule has 0 saturated heterocycles. The molecular formula is C19H22ClN. The van der Waals surface area contributed by atoms with Crippen LogP contribution >= 0.6 is 11.6 Å². The highest BCUT2D eigenvalue weighted by Gasteiger charge is 2.21. The number of aromatic nitrogens is 1. The maximum absolute atomic E-state index is 5.84. The van der Waals surface area contributed by atoms with Crippen molar-refractivity contribution in [3.63, 3.8) is 0 Å². The SMILES string of the molecule is CC[C@H]1CC[C@H](c2ccc(-c3ccc(Cl)nc3)cc2)CC1. The van der Waals surface area contributed by atoms with Gasteiger partial charge in [0.05, 0.1) is 0 Å². The molecule has 1 heterocycles. The molecule has 1 aliphatic carbocycles. The van der Waals surface area contributed by atoms with Crippen molar-refractivity contribution in [2.24, 2.45) is 5.92 Å². The van der Waals surface area contributed by atoms with Gasteiger partial charge in [0.15, 0.2) is 0 Å². The zero-order valence-electron chi connectivity index (χ0n) is 12.6. The van der Waals surface area contributed by atoms with E-state index in [1.165, 1.54) is 43.2 Å². The predicted molar refractivity (Wildman–Crippen MR) is 89.7 cm³/mol. The van der Waals surface area contributed by atoms with Gasteiger partial charge in [-0.25, -0.2) is 4.98 Å². The van der Waals surface area contributed by atoms with E-state index in [0.29, 0.717) is 5.15 Å². The summed E-state index contributed by atoms with van der Waals surface area (Å²) in [6, 6.07) is 12.9. The van der Waals surface area contributed by atoms with Crippen LogP contribution in [0.2, 0.25) is 5.15 Å². The molecule has 0 radical (unpaired) electrons. The molecule has 2 heteroatoms. The Kier molecular flexibility index (Phi) is 4.60. The van der Waals surface area contributed by atoms with Gasteiger partial charge in [-0.2, -0.15) is 0 Å². The maximum Gasteiger partial charge on any atom is 0.129 e. The summed E-state index contributed by atoms with van der Waals surface area (Å²) in [6.45, 7) is 2.32. The van der Waals surface area contributed by atoms with Crippen molar-refractivity contribution >= 4 is 11.6 Å². The third-order valence-corrected chi connectivity index (χ3v) is 5.09. The lowest BCUT2D eigenvalue weighted by Crippen LogP contribution is -2.12. The van der Waals surface area contributed by atoms with E-state index in [1.807, 2.05) is 18.3 Å². The van der Waals surface area contributed by atoms with Gasteiger partial charge in [-0.15, -0.1) is 0 Å². The van der Waals surface area contributed by atoms with Gasteiger partial charge in [0.1, 0.15) is 5.15 Å². The number of hydrogen-bond acceptors (Lipinski definition) is 1. The second kappa shape index (κ2) is 6.62. The molecule has 1 aliphatic rings. The average molecular weight is 300 g/mol. The number of hydrogen-bond donors (Lipinski definition) is 0. The van der Waals surface area contributed by atoms with Crippen molar-refractivity contribution in [2.75, 3.05) is 0 Å². The number of benzene rings is 1. The number of nitrogens with zero attached hydrogens (tertiary/aromatic N) is 1. The third kappa shape index (κ3) is 3.47. The van der Waals surface area contributed by atoms with Gasteiger partial charge in [-0.1, -0.05) is 49.2 Å². The number of pyridine rings is 1. The molecular weight excluding hydrogens is 278 g/mol.